The first-order chi connectivity index (χ1) is 15.2. The van der Waals surface area contributed by atoms with E-state index in [0.29, 0.717) is 17.9 Å². The monoisotopic (exact) mass is 453 g/mol. The molecule has 0 heterocycles. The molecule has 168 valence electrons. The molecule has 2 N–H and O–H groups in total. The van der Waals surface area contributed by atoms with Crippen molar-refractivity contribution in [1.82, 2.24) is 4.90 Å². The van der Waals surface area contributed by atoms with Gasteiger partial charge in [0.1, 0.15) is 10.6 Å². The Hall–Kier alpha value is -3.36. The molecule has 3 aromatic rings. The molecule has 3 rings (SSSR count). The van der Waals surface area contributed by atoms with Crippen LogP contribution < -0.4 is 14.8 Å². The van der Waals surface area contributed by atoms with E-state index < -0.39 is 15.9 Å². The van der Waals surface area contributed by atoms with Crippen molar-refractivity contribution in [3.8, 4) is 5.75 Å². The molecule has 0 fully saturated rings. The average molecular weight is 454 g/mol. The molecule has 7 nitrogen and oxygen atoms in total. The Kier molecular flexibility index (Phi) is 7.17. The third kappa shape index (κ3) is 5.66. The summed E-state index contributed by atoms with van der Waals surface area (Å²) in [6, 6.07) is 18.8. The summed E-state index contributed by atoms with van der Waals surface area (Å²) in [5.74, 6) is -0.264. The fraction of sp³-hybridized carbons (Fsp3) is 0.208. The molecule has 0 aromatic heterocycles. The van der Waals surface area contributed by atoms with Crippen LogP contribution in [-0.4, -0.2) is 40.4 Å². The van der Waals surface area contributed by atoms with Gasteiger partial charge < -0.3 is 15.0 Å². The highest BCUT2D eigenvalue weighted by molar-refractivity contribution is 7.92. The molecule has 1 amide bonds. The van der Waals surface area contributed by atoms with Crippen molar-refractivity contribution in [2.75, 3.05) is 31.2 Å². The minimum absolute atomic E-state index is 0.116. The SMILES string of the molecule is COc1ccc(C(=O)Nc2ccccc2CN(C)C)cc1S(=O)(=O)Nc1ccc(C)cc1. The maximum atomic E-state index is 13.0. The number of anilines is 2. The molecule has 0 saturated heterocycles. The predicted octanol–water partition coefficient (Wildman–Crippen LogP) is 4.12. The zero-order valence-electron chi connectivity index (χ0n) is 18.5. The molecule has 32 heavy (non-hydrogen) atoms. The van der Waals surface area contributed by atoms with Gasteiger partial charge in [-0.05, 0) is 63.0 Å². The Balaban J connectivity index is 1.90. The van der Waals surface area contributed by atoms with E-state index in [9.17, 15) is 13.2 Å². The first-order valence-corrected chi connectivity index (χ1v) is 11.5. The average Bonchev–Trinajstić information content (AvgIpc) is 2.75. The summed E-state index contributed by atoms with van der Waals surface area (Å²) in [5, 5.41) is 2.88. The largest absolute Gasteiger partial charge is 0.495 e. The molecule has 0 aliphatic heterocycles. The van der Waals surface area contributed by atoms with Crippen molar-refractivity contribution in [3.05, 3.63) is 83.4 Å². The molecule has 0 radical (unpaired) electrons. The van der Waals surface area contributed by atoms with E-state index in [1.165, 1.54) is 25.3 Å². The number of nitrogens with zero attached hydrogens (tertiary/aromatic N) is 1. The molecule has 3 aromatic carbocycles. The molecule has 0 saturated carbocycles. The van der Waals surface area contributed by atoms with E-state index in [0.717, 1.165) is 11.1 Å². The summed E-state index contributed by atoms with van der Waals surface area (Å²) in [6.07, 6.45) is 0. The molecular weight excluding hydrogens is 426 g/mol. The lowest BCUT2D eigenvalue weighted by Gasteiger charge is -2.16. The second-order valence-corrected chi connectivity index (χ2v) is 9.34. The number of para-hydroxylation sites is 1. The Morgan fingerprint density at radius 3 is 2.34 bits per heavy atom. The number of nitrogens with one attached hydrogen (secondary N) is 2. The van der Waals surface area contributed by atoms with Gasteiger partial charge in [-0.15, -0.1) is 0 Å². The molecular formula is C24H27N3O4S. The molecule has 0 atom stereocenters. The lowest BCUT2D eigenvalue weighted by molar-refractivity contribution is 0.102. The van der Waals surface area contributed by atoms with Crippen LogP contribution in [0.4, 0.5) is 11.4 Å². The van der Waals surface area contributed by atoms with E-state index in [2.05, 4.69) is 10.0 Å². The van der Waals surface area contributed by atoms with Gasteiger partial charge in [-0.3, -0.25) is 9.52 Å². The third-order valence-corrected chi connectivity index (χ3v) is 6.17. The van der Waals surface area contributed by atoms with Gasteiger partial charge in [0.15, 0.2) is 0 Å². The normalized spacial score (nSPS) is 11.3. The van der Waals surface area contributed by atoms with Crippen molar-refractivity contribution < 1.29 is 17.9 Å². The lowest BCUT2D eigenvalue weighted by Crippen LogP contribution is -2.18. The zero-order chi connectivity index (χ0) is 23.3. The number of benzene rings is 3. The maximum Gasteiger partial charge on any atom is 0.265 e. The summed E-state index contributed by atoms with van der Waals surface area (Å²) in [6.45, 7) is 2.57. The number of aryl methyl sites for hydroxylation is 1. The Bertz CT molecular complexity index is 1210. The highest BCUT2D eigenvalue weighted by Crippen LogP contribution is 2.28. The topological polar surface area (TPSA) is 87.7 Å². The Morgan fingerprint density at radius 1 is 1.00 bits per heavy atom. The quantitative estimate of drug-likeness (QED) is 0.536. The van der Waals surface area contributed by atoms with Gasteiger partial charge in [0, 0.05) is 23.5 Å². The minimum atomic E-state index is -3.98. The van der Waals surface area contributed by atoms with E-state index in [1.807, 2.05) is 62.3 Å². The van der Waals surface area contributed by atoms with Crippen LogP contribution in [0.3, 0.4) is 0 Å². The standard InChI is InChI=1S/C24H27N3O4S/c1-17-9-12-20(13-10-17)26-32(29,30)23-15-18(11-14-22(23)31-4)24(28)25-21-8-6-5-7-19(21)16-27(2)3/h5-15,26H,16H2,1-4H3,(H,25,28). The highest BCUT2D eigenvalue weighted by atomic mass is 32.2. The van der Waals surface area contributed by atoms with Crippen molar-refractivity contribution in [3.63, 3.8) is 0 Å². The van der Waals surface area contributed by atoms with Crippen LogP contribution in [0.25, 0.3) is 0 Å². The summed E-state index contributed by atoms with van der Waals surface area (Å²) in [7, 11) is 1.29. The van der Waals surface area contributed by atoms with E-state index in [1.54, 1.807) is 12.1 Å². The van der Waals surface area contributed by atoms with Gasteiger partial charge in [0.2, 0.25) is 0 Å². The van der Waals surface area contributed by atoms with E-state index in [-0.39, 0.29) is 16.2 Å². The molecule has 0 aliphatic carbocycles. The minimum Gasteiger partial charge on any atom is -0.495 e. The number of sulfonamides is 1. The Morgan fingerprint density at radius 2 is 1.69 bits per heavy atom. The van der Waals surface area contributed by atoms with Gasteiger partial charge in [-0.2, -0.15) is 0 Å². The lowest BCUT2D eigenvalue weighted by atomic mass is 10.1. The second-order valence-electron chi connectivity index (χ2n) is 7.69. The number of amides is 1. The fourth-order valence-electron chi connectivity index (χ4n) is 3.17. The second kappa shape index (κ2) is 9.84. The number of rotatable bonds is 8. The molecule has 0 aliphatic rings. The van der Waals surface area contributed by atoms with Gasteiger partial charge in [-0.25, -0.2) is 8.42 Å². The smallest absolute Gasteiger partial charge is 0.265 e. The maximum absolute atomic E-state index is 13.0. The van der Waals surface area contributed by atoms with Gasteiger partial charge in [0.05, 0.1) is 7.11 Å². The van der Waals surface area contributed by atoms with E-state index >= 15 is 0 Å². The van der Waals surface area contributed by atoms with Gasteiger partial charge in [0.25, 0.3) is 15.9 Å². The molecule has 0 unspecified atom stereocenters. The predicted molar refractivity (Wildman–Crippen MR) is 127 cm³/mol. The first kappa shape index (κ1) is 23.3. The molecule has 8 heteroatoms. The van der Waals surface area contributed by atoms with Gasteiger partial charge >= 0.3 is 0 Å². The van der Waals surface area contributed by atoms with Gasteiger partial charge in [-0.1, -0.05) is 35.9 Å². The van der Waals surface area contributed by atoms with Crippen molar-refractivity contribution in [1.29, 1.82) is 0 Å². The number of ether oxygens (including phenoxy) is 1. The third-order valence-electron chi connectivity index (χ3n) is 4.77. The van der Waals surface area contributed by atoms with Crippen LogP contribution in [0.15, 0.2) is 71.6 Å². The number of hydrogen-bond donors (Lipinski definition) is 2. The zero-order valence-corrected chi connectivity index (χ0v) is 19.4. The van der Waals surface area contributed by atoms with Crippen LogP contribution in [0.5, 0.6) is 5.75 Å². The van der Waals surface area contributed by atoms with Crippen molar-refractivity contribution in [2.45, 2.75) is 18.4 Å². The van der Waals surface area contributed by atoms with Crippen LogP contribution in [0.1, 0.15) is 21.5 Å². The summed E-state index contributed by atoms with van der Waals surface area (Å²) >= 11 is 0. The van der Waals surface area contributed by atoms with Crippen molar-refractivity contribution >= 4 is 27.3 Å². The number of hydrogen-bond acceptors (Lipinski definition) is 5. The van der Waals surface area contributed by atoms with Crippen LogP contribution in [0.2, 0.25) is 0 Å². The summed E-state index contributed by atoms with van der Waals surface area (Å²) < 4.78 is 33.9. The molecule has 0 bridgehead atoms. The Labute approximate surface area is 189 Å². The van der Waals surface area contributed by atoms with Crippen LogP contribution in [0, 0.1) is 6.92 Å². The van der Waals surface area contributed by atoms with E-state index in [4.69, 9.17) is 4.74 Å². The summed E-state index contributed by atoms with van der Waals surface area (Å²) in [5.41, 5.74) is 3.26. The molecule has 0 spiro atoms. The fourth-order valence-corrected chi connectivity index (χ4v) is 4.43. The van der Waals surface area contributed by atoms with Crippen LogP contribution >= 0.6 is 0 Å². The van der Waals surface area contributed by atoms with Crippen LogP contribution in [-0.2, 0) is 16.6 Å². The van der Waals surface area contributed by atoms with Crippen molar-refractivity contribution in [2.24, 2.45) is 0 Å². The summed E-state index contributed by atoms with van der Waals surface area (Å²) in [4.78, 5) is 14.8. The first-order valence-electron chi connectivity index (χ1n) is 10.0. The number of carbonyl (C=O) groups excluding carboxylic acids is 1. The number of carbonyl (C=O) groups is 1. The highest BCUT2D eigenvalue weighted by Gasteiger charge is 2.22. The number of methoxy groups -OCH3 is 1.